The van der Waals surface area contributed by atoms with Crippen LogP contribution in [0.15, 0.2) is 30.3 Å². The minimum absolute atomic E-state index is 0.0586. The van der Waals surface area contributed by atoms with Gasteiger partial charge in [-0.25, -0.2) is 0 Å². The van der Waals surface area contributed by atoms with E-state index in [1.807, 2.05) is 30.3 Å². The van der Waals surface area contributed by atoms with Gasteiger partial charge in [0.25, 0.3) is 0 Å². The van der Waals surface area contributed by atoms with Gasteiger partial charge in [-0.2, -0.15) is 0 Å². The van der Waals surface area contributed by atoms with Crippen molar-refractivity contribution in [3.63, 3.8) is 0 Å². The predicted octanol–water partition coefficient (Wildman–Crippen LogP) is 1.32. The van der Waals surface area contributed by atoms with Crippen molar-refractivity contribution in [1.29, 1.82) is 0 Å². The van der Waals surface area contributed by atoms with Crippen molar-refractivity contribution in [2.75, 3.05) is 20.2 Å². The number of hydrogen-bond acceptors (Lipinski definition) is 3. The molecule has 98 valence electrons. The Labute approximate surface area is 108 Å². The number of carbonyl (C=O) groups is 1. The fourth-order valence-electron chi connectivity index (χ4n) is 2.22. The summed E-state index contributed by atoms with van der Waals surface area (Å²) in [5.41, 5.74) is 6.83. The number of carbonyl (C=O) groups excluding carboxylic acids is 1. The Bertz CT molecular complexity index is 388. The lowest BCUT2D eigenvalue weighted by Crippen LogP contribution is -2.39. The Morgan fingerprint density at radius 1 is 1.50 bits per heavy atom. The van der Waals surface area contributed by atoms with Crippen molar-refractivity contribution >= 4 is 5.91 Å². The first-order valence-corrected chi connectivity index (χ1v) is 6.35. The normalized spacial score (nSPS) is 20.7. The minimum Gasteiger partial charge on any atom is -0.376 e. The monoisotopic (exact) mass is 248 g/mol. The zero-order valence-corrected chi connectivity index (χ0v) is 10.7. The van der Waals surface area contributed by atoms with E-state index in [9.17, 15) is 4.79 Å². The largest absolute Gasteiger partial charge is 0.376 e. The van der Waals surface area contributed by atoms with Gasteiger partial charge < -0.3 is 15.4 Å². The van der Waals surface area contributed by atoms with E-state index in [0.717, 1.165) is 25.0 Å². The fraction of sp³-hybridized carbons (Fsp3) is 0.500. The first kappa shape index (κ1) is 13.1. The summed E-state index contributed by atoms with van der Waals surface area (Å²) in [6, 6.07) is 8.87. The van der Waals surface area contributed by atoms with E-state index < -0.39 is 6.04 Å². The molecule has 1 saturated heterocycles. The van der Waals surface area contributed by atoms with Crippen molar-refractivity contribution in [2.45, 2.75) is 25.0 Å². The van der Waals surface area contributed by atoms with E-state index in [-0.39, 0.29) is 12.0 Å². The lowest BCUT2D eigenvalue weighted by atomic mass is 10.1. The van der Waals surface area contributed by atoms with Crippen LogP contribution in [0, 0.1) is 0 Å². The average molecular weight is 248 g/mol. The maximum absolute atomic E-state index is 12.2. The van der Waals surface area contributed by atoms with Crippen LogP contribution in [-0.2, 0) is 9.53 Å². The summed E-state index contributed by atoms with van der Waals surface area (Å²) < 4.78 is 5.52. The predicted molar refractivity (Wildman–Crippen MR) is 70.0 cm³/mol. The Morgan fingerprint density at radius 2 is 2.22 bits per heavy atom. The van der Waals surface area contributed by atoms with Crippen LogP contribution in [0.5, 0.6) is 0 Å². The van der Waals surface area contributed by atoms with Crippen LogP contribution in [0.4, 0.5) is 0 Å². The molecule has 2 rings (SSSR count). The Kier molecular flexibility index (Phi) is 4.33. The van der Waals surface area contributed by atoms with Gasteiger partial charge in [0.05, 0.1) is 6.10 Å². The molecule has 1 aromatic rings. The van der Waals surface area contributed by atoms with E-state index >= 15 is 0 Å². The molecule has 1 aliphatic heterocycles. The van der Waals surface area contributed by atoms with Crippen molar-refractivity contribution in [2.24, 2.45) is 5.73 Å². The lowest BCUT2D eigenvalue weighted by molar-refractivity contribution is -0.132. The third-order valence-corrected chi connectivity index (χ3v) is 3.30. The fourth-order valence-corrected chi connectivity index (χ4v) is 2.22. The number of likely N-dealkylation sites (N-methyl/N-ethyl adjacent to an activating group) is 1. The summed E-state index contributed by atoms with van der Waals surface area (Å²) in [5, 5.41) is 0. The van der Waals surface area contributed by atoms with Crippen LogP contribution in [0.2, 0.25) is 0 Å². The summed E-state index contributed by atoms with van der Waals surface area (Å²) in [6.45, 7) is 1.43. The number of amides is 1. The summed E-state index contributed by atoms with van der Waals surface area (Å²) >= 11 is 0. The van der Waals surface area contributed by atoms with Crippen LogP contribution in [0.1, 0.15) is 24.4 Å². The molecular weight excluding hydrogens is 228 g/mol. The van der Waals surface area contributed by atoms with E-state index in [0.29, 0.717) is 6.54 Å². The molecule has 1 aliphatic rings. The second-order valence-corrected chi connectivity index (χ2v) is 4.74. The van der Waals surface area contributed by atoms with Gasteiger partial charge in [0.1, 0.15) is 6.04 Å². The minimum atomic E-state index is -0.586. The molecule has 1 aromatic carbocycles. The molecule has 1 heterocycles. The first-order chi connectivity index (χ1) is 8.68. The lowest BCUT2D eigenvalue weighted by Gasteiger charge is -2.24. The van der Waals surface area contributed by atoms with Crippen molar-refractivity contribution in [3.8, 4) is 0 Å². The molecule has 4 heteroatoms. The highest BCUT2D eigenvalue weighted by Gasteiger charge is 2.24. The van der Waals surface area contributed by atoms with Crippen LogP contribution in [0.25, 0.3) is 0 Å². The van der Waals surface area contributed by atoms with Crippen molar-refractivity contribution < 1.29 is 9.53 Å². The summed E-state index contributed by atoms with van der Waals surface area (Å²) in [6.07, 6.45) is 2.28. The van der Waals surface area contributed by atoms with Crippen molar-refractivity contribution in [1.82, 2.24) is 4.90 Å². The van der Waals surface area contributed by atoms with Gasteiger partial charge in [0.2, 0.25) is 5.91 Å². The topological polar surface area (TPSA) is 55.6 Å². The molecule has 4 nitrogen and oxygen atoms in total. The number of nitrogens with zero attached hydrogens (tertiary/aromatic N) is 1. The summed E-state index contributed by atoms with van der Waals surface area (Å²) in [5.74, 6) is -0.0586. The molecule has 0 aromatic heterocycles. The number of ether oxygens (including phenoxy) is 1. The molecule has 1 unspecified atom stereocenters. The van der Waals surface area contributed by atoms with Gasteiger partial charge in [-0.1, -0.05) is 30.3 Å². The molecule has 0 spiro atoms. The second-order valence-electron chi connectivity index (χ2n) is 4.74. The molecule has 0 aliphatic carbocycles. The SMILES string of the molecule is CN(CC1CCCO1)C(=O)[C@@H](N)c1ccccc1. The number of benzene rings is 1. The highest BCUT2D eigenvalue weighted by molar-refractivity contribution is 5.82. The molecule has 2 atom stereocenters. The third kappa shape index (κ3) is 3.09. The maximum atomic E-state index is 12.2. The zero-order chi connectivity index (χ0) is 13.0. The van der Waals surface area contributed by atoms with Crippen LogP contribution in [-0.4, -0.2) is 37.1 Å². The van der Waals surface area contributed by atoms with Crippen LogP contribution in [0.3, 0.4) is 0 Å². The highest BCUT2D eigenvalue weighted by atomic mass is 16.5. The third-order valence-electron chi connectivity index (χ3n) is 3.30. The van der Waals surface area contributed by atoms with E-state index in [1.165, 1.54) is 0 Å². The standard InChI is InChI=1S/C14H20N2O2/c1-16(10-12-8-5-9-18-12)14(17)13(15)11-6-3-2-4-7-11/h2-4,6-7,12-13H,5,8-10,15H2,1H3/t12?,13-/m0/s1. The van der Waals surface area contributed by atoms with Gasteiger partial charge in [-0.05, 0) is 18.4 Å². The van der Waals surface area contributed by atoms with Crippen LogP contribution < -0.4 is 5.73 Å². The molecule has 0 radical (unpaired) electrons. The quantitative estimate of drug-likeness (QED) is 0.874. The van der Waals surface area contributed by atoms with E-state index in [4.69, 9.17) is 10.5 Å². The van der Waals surface area contributed by atoms with Gasteiger partial charge >= 0.3 is 0 Å². The first-order valence-electron chi connectivity index (χ1n) is 6.35. The molecule has 1 amide bonds. The maximum Gasteiger partial charge on any atom is 0.243 e. The van der Waals surface area contributed by atoms with Gasteiger partial charge in [0.15, 0.2) is 0 Å². The number of rotatable bonds is 4. The van der Waals surface area contributed by atoms with E-state index in [2.05, 4.69) is 0 Å². The molecule has 0 bridgehead atoms. The Balaban J connectivity index is 1.93. The van der Waals surface area contributed by atoms with Crippen molar-refractivity contribution in [3.05, 3.63) is 35.9 Å². The molecule has 2 N–H and O–H groups in total. The molecule has 0 saturated carbocycles. The smallest absolute Gasteiger partial charge is 0.243 e. The Hall–Kier alpha value is -1.39. The molecule has 18 heavy (non-hydrogen) atoms. The molecular formula is C14H20N2O2. The van der Waals surface area contributed by atoms with Gasteiger partial charge in [-0.3, -0.25) is 4.79 Å². The molecule has 1 fully saturated rings. The summed E-state index contributed by atoms with van der Waals surface area (Å²) in [7, 11) is 1.78. The van der Waals surface area contributed by atoms with Gasteiger partial charge in [0, 0.05) is 20.2 Å². The second kappa shape index (κ2) is 5.98. The highest BCUT2D eigenvalue weighted by Crippen LogP contribution is 2.16. The number of hydrogen-bond donors (Lipinski definition) is 1. The zero-order valence-electron chi connectivity index (χ0n) is 10.7. The average Bonchev–Trinajstić information content (AvgIpc) is 2.91. The van der Waals surface area contributed by atoms with E-state index in [1.54, 1.807) is 11.9 Å². The number of nitrogens with two attached hydrogens (primary N) is 1. The summed E-state index contributed by atoms with van der Waals surface area (Å²) in [4.78, 5) is 13.9. The Morgan fingerprint density at radius 3 is 2.83 bits per heavy atom. The van der Waals surface area contributed by atoms with Gasteiger partial charge in [-0.15, -0.1) is 0 Å². The van der Waals surface area contributed by atoms with Crippen LogP contribution >= 0.6 is 0 Å².